The monoisotopic (exact) mass is 320 g/mol. The number of nitrogens with two attached hydrogens (primary N) is 1. The fraction of sp³-hybridized carbons (Fsp3) is 0.400. The molecule has 1 unspecified atom stereocenters. The first-order chi connectivity index (χ1) is 10.9. The Labute approximate surface area is 134 Å². The molecule has 0 fully saturated rings. The summed E-state index contributed by atoms with van der Waals surface area (Å²) < 4.78 is 0. The summed E-state index contributed by atoms with van der Waals surface area (Å²) in [6.45, 7) is 5.65. The Hall–Kier alpha value is -2.77. The summed E-state index contributed by atoms with van der Waals surface area (Å²) in [4.78, 5) is 27.0. The number of anilines is 1. The van der Waals surface area contributed by atoms with Gasteiger partial charge in [-0.05, 0) is 38.5 Å². The van der Waals surface area contributed by atoms with Gasteiger partial charge in [0.2, 0.25) is 0 Å². The number of hydrogen-bond donors (Lipinski definition) is 1. The Morgan fingerprint density at radius 3 is 2.48 bits per heavy atom. The molecule has 2 aliphatic rings. The average Bonchev–Trinajstić information content (AvgIpc) is 2.51. The molecule has 124 valence electrons. The number of carbonyl (C=O) groups is 1. The number of hydroxylamine groups is 1. The van der Waals surface area contributed by atoms with Gasteiger partial charge in [-0.3, -0.25) is 4.79 Å². The first-order valence-electron chi connectivity index (χ1n) is 7.01. The number of aryl methyl sites for hydroxylation is 1. The molecule has 0 aromatic heterocycles. The van der Waals surface area contributed by atoms with Crippen molar-refractivity contribution in [2.75, 3.05) is 19.3 Å². The third kappa shape index (κ3) is 3.05. The summed E-state index contributed by atoms with van der Waals surface area (Å²) in [6, 6.07) is 3.58. The van der Waals surface area contributed by atoms with Crippen LogP contribution in [0.1, 0.15) is 25.0 Å². The molecule has 23 heavy (non-hydrogen) atoms. The number of hydrogen-bond acceptors (Lipinski definition) is 7. The van der Waals surface area contributed by atoms with Gasteiger partial charge in [0, 0.05) is 0 Å². The summed E-state index contributed by atoms with van der Waals surface area (Å²) in [6.07, 6.45) is 0. The minimum absolute atomic E-state index is 0.0158. The molecule has 0 aliphatic carbocycles. The van der Waals surface area contributed by atoms with Crippen molar-refractivity contribution in [2.24, 2.45) is 16.0 Å². The van der Waals surface area contributed by atoms with Crippen LogP contribution in [-0.2, 0) is 14.5 Å². The summed E-state index contributed by atoms with van der Waals surface area (Å²) in [5.74, 6) is -0.182. The van der Waals surface area contributed by atoms with Gasteiger partial charge in [-0.2, -0.15) is 0 Å². The Morgan fingerprint density at radius 2 is 1.96 bits per heavy atom. The third-order valence-corrected chi connectivity index (χ3v) is 3.57. The second kappa shape index (κ2) is 6.55. The van der Waals surface area contributed by atoms with E-state index in [1.807, 2.05) is 26.8 Å². The molecule has 1 amide bonds. The summed E-state index contributed by atoms with van der Waals surface area (Å²) in [5.41, 5.74) is 8.26. The number of nitrogens with zero attached hydrogens (tertiary/aromatic N) is 3. The lowest BCUT2D eigenvalue weighted by molar-refractivity contribution is -0.112. The molecule has 2 aliphatic heterocycles. The lowest BCUT2D eigenvalue weighted by atomic mass is 10.0. The number of primary amides is 1. The molecule has 0 spiro atoms. The molecule has 0 radical (unpaired) electrons. The van der Waals surface area contributed by atoms with Crippen LogP contribution in [0.25, 0.3) is 0 Å². The molecule has 1 aromatic carbocycles. The predicted octanol–water partition coefficient (Wildman–Crippen LogP) is 1.36. The standard InChI is InChI=1S/C15H20N4O4/c1-8-6-11-7-12(13(15(16)20)18-22-5)14(8)23-19(11)10(3)9(2)17-21-4/h6-7,10H,1-5H3,(H2,16,20). The van der Waals surface area contributed by atoms with E-state index in [1.54, 1.807) is 11.1 Å². The zero-order valence-corrected chi connectivity index (χ0v) is 13.8. The van der Waals surface area contributed by atoms with Crippen LogP contribution >= 0.6 is 0 Å². The van der Waals surface area contributed by atoms with Crippen LogP contribution in [0.3, 0.4) is 0 Å². The van der Waals surface area contributed by atoms with E-state index in [0.29, 0.717) is 11.3 Å². The highest BCUT2D eigenvalue weighted by atomic mass is 16.7. The first kappa shape index (κ1) is 16.6. The zero-order chi connectivity index (χ0) is 17.1. The normalized spacial score (nSPS) is 15.3. The van der Waals surface area contributed by atoms with Crippen LogP contribution < -0.4 is 15.6 Å². The van der Waals surface area contributed by atoms with Crippen molar-refractivity contribution < 1.29 is 19.3 Å². The molecule has 2 bridgehead atoms. The van der Waals surface area contributed by atoms with E-state index in [9.17, 15) is 4.79 Å². The molecular weight excluding hydrogens is 300 g/mol. The highest BCUT2D eigenvalue weighted by molar-refractivity contribution is 6.45. The van der Waals surface area contributed by atoms with Gasteiger partial charge in [0.05, 0.1) is 17.0 Å². The number of rotatable bonds is 6. The van der Waals surface area contributed by atoms with Gasteiger partial charge < -0.3 is 20.2 Å². The second-order valence-corrected chi connectivity index (χ2v) is 5.13. The smallest absolute Gasteiger partial charge is 0.271 e. The van der Waals surface area contributed by atoms with E-state index < -0.39 is 5.91 Å². The molecule has 0 saturated carbocycles. The van der Waals surface area contributed by atoms with Crippen molar-refractivity contribution in [3.05, 3.63) is 23.3 Å². The van der Waals surface area contributed by atoms with E-state index >= 15 is 0 Å². The van der Waals surface area contributed by atoms with E-state index in [2.05, 4.69) is 10.3 Å². The second-order valence-electron chi connectivity index (χ2n) is 5.13. The van der Waals surface area contributed by atoms with Crippen LogP contribution in [0.4, 0.5) is 5.69 Å². The first-order valence-corrected chi connectivity index (χ1v) is 7.01. The summed E-state index contributed by atoms with van der Waals surface area (Å²) in [7, 11) is 2.84. The van der Waals surface area contributed by atoms with E-state index in [0.717, 1.165) is 17.0 Å². The average molecular weight is 320 g/mol. The summed E-state index contributed by atoms with van der Waals surface area (Å²) in [5, 5.41) is 9.32. The number of benzene rings is 1. The largest absolute Gasteiger partial charge is 0.399 e. The zero-order valence-electron chi connectivity index (χ0n) is 13.8. The van der Waals surface area contributed by atoms with Gasteiger partial charge in [0.1, 0.15) is 20.3 Å². The Bertz CT molecular complexity index is 684. The third-order valence-electron chi connectivity index (χ3n) is 3.57. The Kier molecular flexibility index (Phi) is 4.73. The highest BCUT2D eigenvalue weighted by Crippen LogP contribution is 2.38. The van der Waals surface area contributed by atoms with Gasteiger partial charge in [0.15, 0.2) is 11.5 Å². The van der Waals surface area contributed by atoms with Crippen LogP contribution in [0, 0.1) is 6.92 Å². The SMILES string of the molecule is CON=C(C(N)=O)c1cc2cc(C)c1ON2C(C)C(C)=NOC. The maximum absolute atomic E-state index is 11.6. The molecule has 1 atom stereocenters. The number of carbonyl (C=O) groups excluding carboxylic acids is 1. The van der Waals surface area contributed by atoms with E-state index in [4.69, 9.17) is 20.2 Å². The van der Waals surface area contributed by atoms with Crippen molar-refractivity contribution in [1.82, 2.24) is 0 Å². The van der Waals surface area contributed by atoms with Crippen molar-refractivity contribution in [2.45, 2.75) is 26.8 Å². The highest BCUT2D eigenvalue weighted by Gasteiger charge is 2.31. The van der Waals surface area contributed by atoms with Gasteiger partial charge in [-0.15, -0.1) is 0 Å². The van der Waals surface area contributed by atoms with Crippen molar-refractivity contribution in [1.29, 1.82) is 0 Å². The molecular formula is C15H20N4O4. The molecule has 2 N–H and O–H groups in total. The maximum atomic E-state index is 11.6. The molecule has 0 saturated heterocycles. The number of fused-ring (bicyclic) bond motifs is 3. The van der Waals surface area contributed by atoms with Gasteiger partial charge in [-0.1, -0.05) is 10.3 Å². The fourth-order valence-corrected chi connectivity index (χ4v) is 2.34. The van der Waals surface area contributed by atoms with Crippen molar-refractivity contribution in [3.63, 3.8) is 0 Å². The van der Waals surface area contributed by atoms with Crippen LogP contribution in [0.15, 0.2) is 22.4 Å². The predicted molar refractivity (Wildman–Crippen MR) is 86.6 cm³/mol. The van der Waals surface area contributed by atoms with Crippen LogP contribution in [-0.4, -0.2) is 37.6 Å². The Balaban J connectivity index is 2.46. The van der Waals surface area contributed by atoms with Crippen molar-refractivity contribution in [3.8, 4) is 5.75 Å². The molecule has 2 heterocycles. The van der Waals surface area contributed by atoms with Gasteiger partial charge in [0.25, 0.3) is 5.91 Å². The molecule has 8 nitrogen and oxygen atoms in total. The van der Waals surface area contributed by atoms with E-state index in [1.165, 1.54) is 14.2 Å². The van der Waals surface area contributed by atoms with Crippen LogP contribution in [0.2, 0.25) is 0 Å². The lowest BCUT2D eigenvalue weighted by Gasteiger charge is -2.36. The minimum Gasteiger partial charge on any atom is -0.399 e. The van der Waals surface area contributed by atoms with Crippen LogP contribution in [0.5, 0.6) is 5.75 Å². The topological polar surface area (TPSA) is 98.7 Å². The quantitative estimate of drug-likeness (QED) is 0.630. The summed E-state index contributed by atoms with van der Waals surface area (Å²) >= 11 is 0. The molecule has 3 rings (SSSR count). The minimum atomic E-state index is -0.688. The van der Waals surface area contributed by atoms with Crippen molar-refractivity contribution >= 4 is 23.0 Å². The number of amides is 1. The lowest BCUT2D eigenvalue weighted by Crippen LogP contribution is -2.44. The van der Waals surface area contributed by atoms with Gasteiger partial charge >= 0.3 is 0 Å². The molecule has 8 heteroatoms. The van der Waals surface area contributed by atoms with Gasteiger partial charge in [-0.25, -0.2) is 5.06 Å². The maximum Gasteiger partial charge on any atom is 0.271 e. The fourth-order valence-electron chi connectivity index (χ4n) is 2.34. The number of oxime groups is 2. The molecule has 1 aromatic rings. The van der Waals surface area contributed by atoms with E-state index in [-0.39, 0.29) is 11.8 Å². The Morgan fingerprint density at radius 1 is 1.30 bits per heavy atom.